The predicted molar refractivity (Wildman–Crippen MR) is 116 cm³/mol. The molecule has 3 aliphatic carbocycles. The van der Waals surface area contributed by atoms with Crippen molar-refractivity contribution in [2.75, 3.05) is 5.32 Å². The van der Waals surface area contributed by atoms with Crippen LogP contribution in [0.3, 0.4) is 0 Å². The molecule has 0 aromatic heterocycles. The molecule has 6 heteroatoms. The number of aliphatic carboxylic acids is 1. The van der Waals surface area contributed by atoms with Gasteiger partial charge in [0.1, 0.15) is 0 Å². The molecule has 0 radical (unpaired) electrons. The maximum Gasteiger partial charge on any atom is 0.308 e. The van der Waals surface area contributed by atoms with Gasteiger partial charge in [-0.15, -0.1) is 0 Å². The number of carbonyl (C=O) groups is 2. The molecule has 2 N–H and O–H groups in total. The molecule has 4 nitrogen and oxygen atoms in total. The van der Waals surface area contributed by atoms with E-state index >= 15 is 0 Å². The summed E-state index contributed by atoms with van der Waals surface area (Å²) in [7, 11) is 0. The molecule has 150 valence electrons. The van der Waals surface area contributed by atoms with Crippen molar-refractivity contribution in [2.24, 2.45) is 11.8 Å². The summed E-state index contributed by atoms with van der Waals surface area (Å²) in [5.41, 5.74) is 4.52. The average molecular weight is 438 g/mol. The Kier molecular flexibility index (Phi) is 4.57. The highest BCUT2D eigenvalue weighted by molar-refractivity contribution is 6.42. The fourth-order valence-corrected chi connectivity index (χ4v) is 5.39. The van der Waals surface area contributed by atoms with Gasteiger partial charge in [0.05, 0.1) is 21.9 Å². The van der Waals surface area contributed by atoms with Crippen LogP contribution in [0, 0.1) is 11.8 Å². The van der Waals surface area contributed by atoms with Crippen molar-refractivity contribution in [3.8, 4) is 0 Å². The lowest BCUT2D eigenvalue weighted by Gasteiger charge is -2.48. The Morgan fingerprint density at radius 3 is 1.70 bits per heavy atom. The largest absolute Gasteiger partial charge is 0.481 e. The summed E-state index contributed by atoms with van der Waals surface area (Å²) in [5, 5.41) is 13.7. The minimum Gasteiger partial charge on any atom is -0.481 e. The van der Waals surface area contributed by atoms with Crippen molar-refractivity contribution in [1.29, 1.82) is 0 Å². The number of benzene rings is 3. The number of hydrogen-bond donors (Lipinski definition) is 2. The molecule has 0 saturated heterocycles. The second kappa shape index (κ2) is 7.15. The van der Waals surface area contributed by atoms with E-state index in [0.29, 0.717) is 15.7 Å². The molecular formula is C24H17Cl2NO3. The number of hydrogen-bond acceptors (Lipinski definition) is 2. The molecule has 0 aliphatic heterocycles. The second-order valence-corrected chi connectivity index (χ2v) is 8.54. The fourth-order valence-electron chi connectivity index (χ4n) is 5.09. The smallest absolute Gasteiger partial charge is 0.308 e. The van der Waals surface area contributed by atoms with Gasteiger partial charge in [-0.25, -0.2) is 0 Å². The van der Waals surface area contributed by atoms with Crippen LogP contribution >= 0.6 is 23.2 Å². The lowest BCUT2D eigenvalue weighted by atomic mass is 9.54. The van der Waals surface area contributed by atoms with Gasteiger partial charge in [0, 0.05) is 17.5 Å². The molecule has 2 unspecified atom stereocenters. The summed E-state index contributed by atoms with van der Waals surface area (Å²) >= 11 is 12.1. The van der Waals surface area contributed by atoms with Crippen LogP contribution < -0.4 is 5.32 Å². The summed E-state index contributed by atoms with van der Waals surface area (Å²) < 4.78 is 0. The van der Waals surface area contributed by atoms with Crippen LogP contribution in [0.1, 0.15) is 34.1 Å². The summed E-state index contributed by atoms with van der Waals surface area (Å²) in [6.07, 6.45) is 0. The van der Waals surface area contributed by atoms with E-state index in [-0.39, 0.29) is 17.7 Å². The number of carboxylic acid groups (broad SMARTS) is 1. The first kappa shape index (κ1) is 19.2. The van der Waals surface area contributed by atoms with Gasteiger partial charge in [0.25, 0.3) is 0 Å². The van der Waals surface area contributed by atoms with Crippen LogP contribution in [0.25, 0.3) is 0 Å². The van der Waals surface area contributed by atoms with Crippen LogP contribution in [0.4, 0.5) is 5.69 Å². The summed E-state index contributed by atoms with van der Waals surface area (Å²) in [6.45, 7) is 0. The normalized spacial score (nSPS) is 23.4. The number of anilines is 1. The lowest BCUT2D eigenvalue weighted by Crippen LogP contribution is -2.48. The first-order valence-electron chi connectivity index (χ1n) is 9.63. The second-order valence-electron chi connectivity index (χ2n) is 7.72. The summed E-state index contributed by atoms with van der Waals surface area (Å²) in [5.74, 6) is -3.60. The molecule has 0 spiro atoms. The van der Waals surface area contributed by atoms with Gasteiger partial charge in [-0.05, 0) is 40.5 Å². The summed E-state index contributed by atoms with van der Waals surface area (Å²) in [4.78, 5) is 25.8. The highest BCUT2D eigenvalue weighted by atomic mass is 35.5. The van der Waals surface area contributed by atoms with Crippen LogP contribution in [-0.4, -0.2) is 17.0 Å². The van der Waals surface area contributed by atoms with Gasteiger partial charge in [-0.3, -0.25) is 9.59 Å². The quantitative estimate of drug-likeness (QED) is 0.564. The molecule has 2 bridgehead atoms. The van der Waals surface area contributed by atoms with E-state index in [9.17, 15) is 14.7 Å². The third-order valence-corrected chi connectivity index (χ3v) is 6.95. The Bertz CT molecular complexity index is 1150. The van der Waals surface area contributed by atoms with Crippen molar-refractivity contribution < 1.29 is 14.7 Å². The van der Waals surface area contributed by atoms with Gasteiger partial charge in [-0.2, -0.15) is 0 Å². The topological polar surface area (TPSA) is 66.4 Å². The third-order valence-electron chi connectivity index (χ3n) is 6.21. The van der Waals surface area contributed by atoms with E-state index in [4.69, 9.17) is 23.2 Å². The number of carboxylic acids is 1. The minimum atomic E-state index is -0.969. The number of rotatable bonds is 3. The van der Waals surface area contributed by atoms with Crippen molar-refractivity contribution in [3.63, 3.8) is 0 Å². The van der Waals surface area contributed by atoms with Gasteiger partial charge in [0.15, 0.2) is 0 Å². The first-order valence-corrected chi connectivity index (χ1v) is 10.4. The standard InChI is InChI=1S/C24H17Cl2NO3/c25-17-10-9-12(11-18(17)26)27-23(28)21-19-13-5-1-3-7-15(13)20(22(21)24(29)30)16-8-4-2-6-14(16)19/h1-11,19-22H,(H,27,28)(H,29,30). The van der Waals surface area contributed by atoms with Crippen LogP contribution in [0.5, 0.6) is 0 Å². The van der Waals surface area contributed by atoms with E-state index < -0.39 is 17.8 Å². The molecule has 3 aliphatic rings. The first-order chi connectivity index (χ1) is 14.5. The van der Waals surface area contributed by atoms with E-state index in [1.54, 1.807) is 18.2 Å². The van der Waals surface area contributed by atoms with Crippen LogP contribution in [0.15, 0.2) is 66.7 Å². The Morgan fingerprint density at radius 1 is 0.733 bits per heavy atom. The van der Waals surface area contributed by atoms with E-state index in [2.05, 4.69) is 5.32 Å². The third kappa shape index (κ3) is 2.83. The van der Waals surface area contributed by atoms with Crippen LogP contribution in [0.2, 0.25) is 10.0 Å². The fraction of sp³-hybridized carbons (Fsp3) is 0.167. The molecule has 3 aromatic rings. The monoisotopic (exact) mass is 437 g/mol. The van der Waals surface area contributed by atoms with Crippen molar-refractivity contribution in [3.05, 3.63) is 99.0 Å². The van der Waals surface area contributed by atoms with Crippen molar-refractivity contribution in [1.82, 2.24) is 0 Å². The number of fused-ring (bicyclic) bond motifs is 1. The Labute approximate surface area is 183 Å². The summed E-state index contributed by atoms with van der Waals surface area (Å²) in [6, 6.07) is 20.5. The molecule has 0 heterocycles. The van der Waals surface area contributed by atoms with E-state index in [1.165, 1.54) is 0 Å². The lowest BCUT2D eigenvalue weighted by molar-refractivity contribution is -0.148. The number of halogens is 2. The molecule has 0 saturated carbocycles. The number of nitrogens with one attached hydrogen (secondary N) is 1. The number of carbonyl (C=O) groups excluding carboxylic acids is 1. The van der Waals surface area contributed by atoms with Crippen LogP contribution in [-0.2, 0) is 9.59 Å². The molecule has 0 fully saturated rings. The van der Waals surface area contributed by atoms with Gasteiger partial charge in [0.2, 0.25) is 5.91 Å². The van der Waals surface area contributed by atoms with Gasteiger partial charge >= 0.3 is 5.97 Å². The maximum absolute atomic E-state index is 13.4. The molecular weight excluding hydrogens is 421 g/mol. The van der Waals surface area contributed by atoms with Gasteiger partial charge in [-0.1, -0.05) is 71.7 Å². The molecule has 2 atom stereocenters. The van der Waals surface area contributed by atoms with Crippen molar-refractivity contribution in [2.45, 2.75) is 11.8 Å². The average Bonchev–Trinajstić information content (AvgIpc) is 2.75. The zero-order chi connectivity index (χ0) is 21.0. The SMILES string of the molecule is O=C(O)C1C2c3ccccc3C(c3ccccc32)C1C(=O)Nc1ccc(Cl)c(Cl)c1. The zero-order valence-corrected chi connectivity index (χ0v) is 17.2. The Hall–Kier alpha value is -2.82. The highest BCUT2D eigenvalue weighted by Gasteiger charge is 2.55. The molecule has 30 heavy (non-hydrogen) atoms. The predicted octanol–water partition coefficient (Wildman–Crippen LogP) is 5.54. The zero-order valence-electron chi connectivity index (χ0n) is 15.7. The Balaban J connectivity index is 1.63. The molecule has 3 aromatic carbocycles. The highest BCUT2D eigenvalue weighted by Crippen LogP contribution is 2.58. The molecule has 6 rings (SSSR count). The number of amides is 1. The van der Waals surface area contributed by atoms with Gasteiger partial charge < -0.3 is 10.4 Å². The van der Waals surface area contributed by atoms with E-state index in [0.717, 1.165) is 22.3 Å². The molecule has 1 amide bonds. The Morgan fingerprint density at radius 2 is 1.23 bits per heavy atom. The van der Waals surface area contributed by atoms with Crippen molar-refractivity contribution >= 4 is 40.8 Å². The minimum absolute atomic E-state index is 0.324. The maximum atomic E-state index is 13.4. The van der Waals surface area contributed by atoms with E-state index in [1.807, 2.05) is 48.5 Å².